The standard InChI is InChI=1S/C18H17ClN2O4/c19-14-8-16-15(24-3-4-25-16)5-12(14)7-18(23)21-2-1-11-6-17(22)20-9-13(11)10-21/h5-6,8-9H,1-4,7,10H2,(H,20,22). The second-order valence-electron chi connectivity index (χ2n) is 6.18. The fraction of sp³-hybridized carbons (Fsp3) is 0.333. The lowest BCUT2D eigenvalue weighted by Crippen LogP contribution is -2.37. The highest BCUT2D eigenvalue weighted by Crippen LogP contribution is 2.35. The van der Waals surface area contributed by atoms with Crippen LogP contribution in [0.15, 0.2) is 29.2 Å². The average Bonchev–Trinajstić information content (AvgIpc) is 2.61. The van der Waals surface area contributed by atoms with Gasteiger partial charge in [0.1, 0.15) is 13.2 Å². The van der Waals surface area contributed by atoms with Crippen LogP contribution in [0.1, 0.15) is 16.7 Å². The first-order valence-corrected chi connectivity index (χ1v) is 8.54. The fourth-order valence-electron chi connectivity index (χ4n) is 3.19. The number of fused-ring (bicyclic) bond motifs is 2. The van der Waals surface area contributed by atoms with Gasteiger partial charge < -0.3 is 19.4 Å². The monoisotopic (exact) mass is 360 g/mol. The number of pyridine rings is 1. The number of ether oxygens (including phenoxy) is 2. The van der Waals surface area contributed by atoms with Crippen LogP contribution in [0, 0.1) is 0 Å². The highest BCUT2D eigenvalue weighted by atomic mass is 35.5. The summed E-state index contributed by atoms with van der Waals surface area (Å²) < 4.78 is 11.1. The zero-order valence-electron chi connectivity index (χ0n) is 13.5. The topological polar surface area (TPSA) is 71.6 Å². The molecule has 130 valence electrons. The van der Waals surface area contributed by atoms with Gasteiger partial charge >= 0.3 is 0 Å². The Morgan fingerprint density at radius 2 is 1.92 bits per heavy atom. The fourth-order valence-corrected chi connectivity index (χ4v) is 3.41. The summed E-state index contributed by atoms with van der Waals surface area (Å²) in [5, 5.41) is 0.499. The van der Waals surface area contributed by atoms with Gasteiger partial charge in [-0.25, -0.2) is 0 Å². The molecule has 0 bridgehead atoms. The summed E-state index contributed by atoms with van der Waals surface area (Å²) in [7, 11) is 0. The molecule has 0 fully saturated rings. The molecule has 4 rings (SSSR count). The Balaban J connectivity index is 1.51. The third-order valence-corrected chi connectivity index (χ3v) is 4.88. The maximum absolute atomic E-state index is 12.7. The van der Waals surface area contributed by atoms with Crippen molar-refractivity contribution in [1.82, 2.24) is 9.88 Å². The van der Waals surface area contributed by atoms with Crippen molar-refractivity contribution in [2.75, 3.05) is 19.8 Å². The Labute approximate surface area is 149 Å². The molecule has 0 spiro atoms. The number of amides is 1. The molecule has 0 unspecified atom stereocenters. The summed E-state index contributed by atoms with van der Waals surface area (Å²) in [4.78, 5) is 28.5. The number of hydrogen-bond donors (Lipinski definition) is 1. The van der Waals surface area contributed by atoms with Gasteiger partial charge in [-0.1, -0.05) is 11.6 Å². The molecule has 6 nitrogen and oxygen atoms in total. The molecule has 1 N–H and O–H groups in total. The van der Waals surface area contributed by atoms with Crippen molar-refractivity contribution in [3.63, 3.8) is 0 Å². The first-order chi connectivity index (χ1) is 12.1. The summed E-state index contributed by atoms with van der Waals surface area (Å²) >= 11 is 6.30. The molecule has 0 aliphatic carbocycles. The van der Waals surface area contributed by atoms with E-state index in [2.05, 4.69) is 4.98 Å². The molecule has 3 heterocycles. The predicted molar refractivity (Wildman–Crippen MR) is 92.3 cm³/mol. The minimum absolute atomic E-state index is 0.00423. The molecule has 0 radical (unpaired) electrons. The van der Waals surface area contributed by atoms with Crippen LogP contribution < -0.4 is 15.0 Å². The number of hydrogen-bond acceptors (Lipinski definition) is 4. The van der Waals surface area contributed by atoms with Gasteiger partial charge in [-0.15, -0.1) is 0 Å². The van der Waals surface area contributed by atoms with E-state index in [4.69, 9.17) is 21.1 Å². The number of H-pyrrole nitrogens is 1. The van der Waals surface area contributed by atoms with E-state index >= 15 is 0 Å². The quantitative estimate of drug-likeness (QED) is 0.888. The first kappa shape index (κ1) is 16.0. The van der Waals surface area contributed by atoms with Crippen molar-refractivity contribution in [3.05, 3.63) is 56.5 Å². The number of carbonyl (C=O) groups excluding carboxylic acids is 1. The number of nitrogens with zero attached hydrogens (tertiary/aromatic N) is 1. The van der Waals surface area contributed by atoms with Crippen molar-refractivity contribution in [3.8, 4) is 11.5 Å². The Bertz CT molecular complexity index is 893. The summed E-state index contributed by atoms with van der Waals surface area (Å²) in [5.74, 6) is 1.23. The van der Waals surface area contributed by atoms with E-state index in [0.29, 0.717) is 49.2 Å². The van der Waals surface area contributed by atoms with Crippen LogP contribution in [0.2, 0.25) is 5.02 Å². The van der Waals surface area contributed by atoms with Gasteiger partial charge in [-0.05, 0) is 29.2 Å². The van der Waals surface area contributed by atoms with Crippen molar-refractivity contribution in [1.29, 1.82) is 0 Å². The van der Waals surface area contributed by atoms with Crippen LogP contribution in [0.3, 0.4) is 0 Å². The smallest absolute Gasteiger partial charge is 0.248 e. The number of halogens is 1. The van der Waals surface area contributed by atoms with E-state index in [9.17, 15) is 9.59 Å². The molecule has 1 amide bonds. The number of rotatable bonds is 2. The van der Waals surface area contributed by atoms with E-state index < -0.39 is 0 Å². The zero-order chi connectivity index (χ0) is 17.4. The van der Waals surface area contributed by atoms with E-state index in [1.54, 1.807) is 29.3 Å². The van der Waals surface area contributed by atoms with Gasteiger partial charge in [0.2, 0.25) is 11.5 Å². The number of benzene rings is 1. The Kier molecular flexibility index (Phi) is 4.13. The summed E-state index contributed by atoms with van der Waals surface area (Å²) in [6, 6.07) is 5.09. The molecule has 25 heavy (non-hydrogen) atoms. The summed E-state index contributed by atoms with van der Waals surface area (Å²) in [6.07, 6.45) is 2.57. The predicted octanol–water partition coefficient (Wildman–Crippen LogP) is 1.93. The molecule has 2 aliphatic heterocycles. The van der Waals surface area contributed by atoms with Crippen LogP contribution in [-0.2, 0) is 24.2 Å². The van der Waals surface area contributed by atoms with Crippen molar-refractivity contribution in [2.45, 2.75) is 19.4 Å². The lowest BCUT2D eigenvalue weighted by Gasteiger charge is -2.29. The molecule has 7 heteroatoms. The highest BCUT2D eigenvalue weighted by Gasteiger charge is 2.23. The minimum Gasteiger partial charge on any atom is -0.486 e. The van der Waals surface area contributed by atoms with Gasteiger partial charge in [0.05, 0.1) is 6.42 Å². The Morgan fingerprint density at radius 1 is 1.16 bits per heavy atom. The van der Waals surface area contributed by atoms with Crippen LogP contribution in [0.5, 0.6) is 11.5 Å². The number of carbonyl (C=O) groups is 1. The van der Waals surface area contributed by atoms with Crippen LogP contribution in [-0.4, -0.2) is 35.5 Å². The van der Waals surface area contributed by atoms with E-state index in [0.717, 1.165) is 16.7 Å². The van der Waals surface area contributed by atoms with Crippen LogP contribution in [0.4, 0.5) is 0 Å². The van der Waals surface area contributed by atoms with Crippen LogP contribution >= 0.6 is 11.6 Å². The van der Waals surface area contributed by atoms with Gasteiger partial charge in [0.25, 0.3) is 0 Å². The lowest BCUT2D eigenvalue weighted by molar-refractivity contribution is -0.131. The largest absolute Gasteiger partial charge is 0.486 e. The number of aromatic nitrogens is 1. The Morgan fingerprint density at radius 3 is 2.72 bits per heavy atom. The number of nitrogens with one attached hydrogen (secondary N) is 1. The minimum atomic E-state index is -0.110. The molecule has 2 aliphatic rings. The SMILES string of the molecule is O=C(Cc1cc2c(cc1Cl)OCCO2)N1CCc2cc(=O)[nH]cc2C1. The van der Waals surface area contributed by atoms with E-state index in [1.807, 2.05) is 0 Å². The molecular formula is C18H17ClN2O4. The maximum atomic E-state index is 12.7. The highest BCUT2D eigenvalue weighted by molar-refractivity contribution is 6.31. The molecule has 0 saturated heterocycles. The second kappa shape index (κ2) is 6.44. The maximum Gasteiger partial charge on any atom is 0.248 e. The third kappa shape index (κ3) is 3.22. The van der Waals surface area contributed by atoms with E-state index in [-0.39, 0.29) is 17.9 Å². The summed E-state index contributed by atoms with van der Waals surface area (Å²) in [5.41, 5.74) is 2.60. The number of aromatic amines is 1. The molecule has 1 aromatic carbocycles. The molecule has 1 aromatic heterocycles. The Hall–Kier alpha value is -2.47. The lowest BCUT2D eigenvalue weighted by atomic mass is 10.0. The van der Waals surface area contributed by atoms with E-state index in [1.165, 1.54) is 0 Å². The molecule has 0 saturated carbocycles. The molecule has 2 aromatic rings. The normalized spacial score (nSPS) is 15.6. The molecule has 0 atom stereocenters. The van der Waals surface area contributed by atoms with Gasteiger partial charge in [0, 0.05) is 36.4 Å². The van der Waals surface area contributed by atoms with Gasteiger partial charge in [-0.3, -0.25) is 9.59 Å². The van der Waals surface area contributed by atoms with Crippen LogP contribution in [0.25, 0.3) is 0 Å². The third-order valence-electron chi connectivity index (χ3n) is 4.52. The van der Waals surface area contributed by atoms with Crippen molar-refractivity contribution < 1.29 is 14.3 Å². The zero-order valence-corrected chi connectivity index (χ0v) is 14.3. The van der Waals surface area contributed by atoms with Gasteiger partial charge in [-0.2, -0.15) is 0 Å². The van der Waals surface area contributed by atoms with Crippen molar-refractivity contribution >= 4 is 17.5 Å². The average molecular weight is 361 g/mol. The molecular weight excluding hydrogens is 344 g/mol. The summed E-state index contributed by atoms with van der Waals surface area (Å²) in [6.45, 7) is 2.07. The van der Waals surface area contributed by atoms with Crippen molar-refractivity contribution in [2.24, 2.45) is 0 Å². The van der Waals surface area contributed by atoms with Gasteiger partial charge in [0.15, 0.2) is 11.5 Å². The first-order valence-electron chi connectivity index (χ1n) is 8.16. The second-order valence-corrected chi connectivity index (χ2v) is 6.58.